The third kappa shape index (κ3) is 25.4. The van der Waals surface area contributed by atoms with Gasteiger partial charge in [-0.25, -0.2) is 0 Å². The largest absolute Gasteiger partial charge is 0.394 e. The van der Waals surface area contributed by atoms with Gasteiger partial charge in [0.1, 0.15) is 59.8 Å². The first-order valence-electron chi connectivity index (χ1n) is 29.3. The Morgan fingerprint density at radius 3 is 1.18 bits per heavy atom. The van der Waals surface area contributed by atoms with Crippen LogP contribution in [-0.2, 0) is 71.5 Å². The normalized spacial score (nSPS) is 28.7. The lowest BCUT2D eigenvalue weighted by atomic mass is 9.70. The molecule has 0 aromatic heterocycles. The van der Waals surface area contributed by atoms with Crippen molar-refractivity contribution in [2.45, 2.75) is 197 Å². The second kappa shape index (κ2) is 39.8. The van der Waals surface area contributed by atoms with Crippen LogP contribution in [0.5, 0.6) is 0 Å². The van der Waals surface area contributed by atoms with Gasteiger partial charge in [0.2, 0.25) is 17.7 Å². The van der Waals surface area contributed by atoms with E-state index in [2.05, 4.69) is 21.3 Å². The van der Waals surface area contributed by atoms with E-state index in [1.165, 1.54) is 7.11 Å². The highest BCUT2D eigenvalue weighted by Crippen LogP contribution is 2.37. The van der Waals surface area contributed by atoms with Gasteiger partial charge < -0.3 is 100 Å². The number of rotatable bonds is 44. The molecule has 13 N–H and O–H groups in total. The number of ether oxygens (including phenoxy) is 7. The fourth-order valence-electron chi connectivity index (χ4n) is 9.99. The molecule has 3 aliphatic heterocycles. The summed E-state index contributed by atoms with van der Waals surface area (Å²) in [4.78, 5) is 107. The maximum Gasteiger partial charge on any atom is 0.233 e. The Morgan fingerprint density at radius 1 is 0.429 bits per heavy atom. The number of carbonyl (C=O) groups excluding carboxylic acids is 8. The highest BCUT2D eigenvalue weighted by Gasteiger charge is 2.45. The lowest BCUT2D eigenvalue weighted by Crippen LogP contribution is -2.55. The van der Waals surface area contributed by atoms with E-state index in [-0.39, 0.29) is 134 Å². The Hall–Kier alpha value is -3.92. The van der Waals surface area contributed by atoms with Crippen LogP contribution in [0.1, 0.15) is 124 Å². The van der Waals surface area contributed by atoms with Crippen LogP contribution in [-0.4, -0.2) is 252 Å². The van der Waals surface area contributed by atoms with E-state index in [1.807, 2.05) is 0 Å². The summed E-state index contributed by atoms with van der Waals surface area (Å²) in [5, 5.41) is 101. The third-order valence-corrected chi connectivity index (χ3v) is 15.4. The Morgan fingerprint density at radius 2 is 0.798 bits per heavy atom. The molecular formula is C56H96N4O24. The third-order valence-electron chi connectivity index (χ3n) is 15.4. The summed E-state index contributed by atoms with van der Waals surface area (Å²) in [6.45, 7) is 3.14. The molecule has 0 radical (unpaired) electrons. The van der Waals surface area contributed by atoms with Gasteiger partial charge in [-0.2, -0.15) is 0 Å². The minimum Gasteiger partial charge on any atom is -0.394 e. The summed E-state index contributed by atoms with van der Waals surface area (Å²) in [7, 11) is 1.52. The van der Waals surface area contributed by atoms with Crippen LogP contribution in [0.25, 0.3) is 0 Å². The maximum atomic E-state index is 14.6. The molecule has 0 aromatic carbocycles. The molecule has 3 rings (SSSR count). The highest BCUT2D eigenvalue weighted by atomic mass is 16.7. The first-order valence-corrected chi connectivity index (χ1v) is 29.3. The molecule has 28 heteroatoms. The van der Waals surface area contributed by atoms with Crippen LogP contribution in [0.4, 0.5) is 0 Å². The second-order valence-electron chi connectivity index (χ2n) is 22.2. The highest BCUT2D eigenvalue weighted by molar-refractivity contribution is 5.98. The summed E-state index contributed by atoms with van der Waals surface area (Å²) >= 11 is 0. The molecule has 3 fully saturated rings. The van der Waals surface area contributed by atoms with Crippen LogP contribution in [0, 0.1) is 23.2 Å². The van der Waals surface area contributed by atoms with E-state index in [9.17, 15) is 84.3 Å². The standard InChI is InChI=1S/C56H96N4O24/c1-33-47(72)50(75)40(30-61)82-53(33)79-23-7-19-58-44(69)15-13-38(66)26-56(18-17-37(65)11-5-10-36(64)12-6-22-78-4,27-39(67)14-16-45(70)59-20-8-24-80-54-34(2)48(73)51(76)41(31-62)83-54)43(68)28-57-29-46(71)60-21-9-25-81-55-35(3)49(74)52(77)42(32-63)84-55/h33-35,40-42,47-55,57,61-63,72-77H,5-32H2,1-4H3,(H,58,69)(H,59,70)(H,60,71)/t33?,34?,35?,40?,41?,42?,47-,48-,49-,50+,51+,52+,53-,54-,55-,56?/m1/s1. The van der Waals surface area contributed by atoms with Crippen LogP contribution < -0.4 is 21.3 Å². The summed E-state index contributed by atoms with van der Waals surface area (Å²) in [6, 6.07) is 0. The van der Waals surface area contributed by atoms with Crippen molar-refractivity contribution in [2.24, 2.45) is 23.2 Å². The fraction of sp³-hybridized carbons (Fsp3) is 0.857. The van der Waals surface area contributed by atoms with Crippen molar-refractivity contribution in [1.82, 2.24) is 21.3 Å². The van der Waals surface area contributed by atoms with Gasteiger partial charge in [0.05, 0.1) is 71.0 Å². The SMILES string of the molecule is COCCCC(=O)CCCC(=O)CCC(CC(=O)CCC(=O)NCCCO[C@@H]1OC(CO)[C@H](O)[C@H](O)C1C)(CC(=O)CCC(=O)NCCCO[C@@H]1OC(CO)[C@H](O)[C@H](O)C1C)C(=O)CNCC(=O)NCCCO[C@@H]1OC(CO)[C@H](O)[C@H](O)C1C. The number of amides is 3. The lowest BCUT2D eigenvalue weighted by molar-refractivity contribution is -0.282. The van der Waals surface area contributed by atoms with Gasteiger partial charge in [-0.3, -0.25) is 38.4 Å². The molecule has 3 aliphatic rings. The monoisotopic (exact) mass is 1210 g/mol. The molecule has 6 unspecified atom stereocenters. The van der Waals surface area contributed by atoms with Gasteiger partial charge in [-0.05, 0) is 38.5 Å². The number of Topliss-reactive ketones (excluding diaryl/α,β-unsaturated/α-hetero) is 5. The first-order chi connectivity index (χ1) is 40.0. The fourth-order valence-corrected chi connectivity index (χ4v) is 9.99. The summed E-state index contributed by atoms with van der Waals surface area (Å²) < 4.78 is 38.8. The van der Waals surface area contributed by atoms with E-state index in [0.29, 0.717) is 13.0 Å². The molecule has 484 valence electrons. The molecule has 0 aliphatic carbocycles. The minimum absolute atomic E-state index is 0.0368. The number of hydrogen-bond donors (Lipinski definition) is 13. The minimum atomic E-state index is -1.85. The van der Waals surface area contributed by atoms with Gasteiger partial charge in [0.25, 0.3) is 0 Å². The van der Waals surface area contributed by atoms with E-state index in [0.717, 1.165) is 0 Å². The molecule has 3 amide bonds. The van der Waals surface area contributed by atoms with Crippen LogP contribution >= 0.6 is 0 Å². The molecule has 0 spiro atoms. The Bertz CT molecular complexity index is 1940. The molecule has 84 heavy (non-hydrogen) atoms. The average molecular weight is 1210 g/mol. The number of methoxy groups -OCH3 is 1. The second-order valence-corrected chi connectivity index (χ2v) is 22.2. The zero-order valence-corrected chi connectivity index (χ0v) is 49.1. The molecule has 0 saturated carbocycles. The number of aliphatic hydroxyl groups is 9. The Balaban J connectivity index is 1.69. The molecule has 0 aromatic rings. The molecule has 15 atom stereocenters. The van der Waals surface area contributed by atoms with Crippen LogP contribution in [0.3, 0.4) is 0 Å². The summed E-state index contributed by atoms with van der Waals surface area (Å²) in [5.41, 5.74) is -1.85. The molecule has 3 saturated heterocycles. The quantitative estimate of drug-likeness (QED) is 0.0269. The molecule has 3 heterocycles. The van der Waals surface area contributed by atoms with Gasteiger partial charge in [0, 0.05) is 121 Å². The topological polar surface area (TPSA) is 431 Å². The van der Waals surface area contributed by atoms with Gasteiger partial charge in [-0.1, -0.05) is 20.8 Å². The van der Waals surface area contributed by atoms with Gasteiger partial charge in [0.15, 0.2) is 24.7 Å². The number of hydrogen-bond acceptors (Lipinski definition) is 25. The predicted molar refractivity (Wildman–Crippen MR) is 294 cm³/mol. The van der Waals surface area contributed by atoms with Gasteiger partial charge in [-0.15, -0.1) is 0 Å². The van der Waals surface area contributed by atoms with Gasteiger partial charge >= 0.3 is 0 Å². The predicted octanol–water partition coefficient (Wildman–Crippen LogP) is -3.08. The van der Waals surface area contributed by atoms with Crippen molar-refractivity contribution in [3.05, 3.63) is 0 Å². The van der Waals surface area contributed by atoms with Crippen molar-refractivity contribution >= 4 is 46.6 Å². The lowest BCUT2D eigenvalue weighted by Gasteiger charge is -2.40. The van der Waals surface area contributed by atoms with Crippen molar-refractivity contribution in [3.63, 3.8) is 0 Å². The molecular weight excluding hydrogens is 1110 g/mol. The van der Waals surface area contributed by atoms with Crippen molar-refractivity contribution < 1.29 is 117 Å². The van der Waals surface area contributed by atoms with Crippen LogP contribution in [0.15, 0.2) is 0 Å². The van der Waals surface area contributed by atoms with E-state index >= 15 is 0 Å². The summed E-state index contributed by atoms with van der Waals surface area (Å²) in [5.74, 6) is -5.77. The van der Waals surface area contributed by atoms with Crippen molar-refractivity contribution in [3.8, 4) is 0 Å². The van der Waals surface area contributed by atoms with Crippen molar-refractivity contribution in [1.29, 1.82) is 0 Å². The Kier molecular flexibility index (Phi) is 35.2. The van der Waals surface area contributed by atoms with Crippen LogP contribution in [0.2, 0.25) is 0 Å². The first kappa shape index (κ1) is 74.3. The smallest absolute Gasteiger partial charge is 0.233 e. The van der Waals surface area contributed by atoms with E-state index < -0.39 is 178 Å². The molecule has 28 nitrogen and oxygen atoms in total. The maximum absolute atomic E-state index is 14.6. The van der Waals surface area contributed by atoms with Crippen molar-refractivity contribution in [2.75, 3.05) is 86.1 Å². The average Bonchev–Trinajstić information content (AvgIpc) is 3.67. The zero-order valence-electron chi connectivity index (χ0n) is 49.1. The number of aliphatic hydroxyl groups excluding tert-OH is 9. The summed E-state index contributed by atoms with van der Waals surface area (Å²) in [6.07, 6.45) is -14.7. The number of ketones is 5. The van der Waals surface area contributed by atoms with E-state index in [1.54, 1.807) is 20.8 Å². The van der Waals surface area contributed by atoms with E-state index in [4.69, 9.17) is 33.2 Å². The number of nitrogens with one attached hydrogen (secondary N) is 4. The molecule has 0 bridgehead atoms. The zero-order chi connectivity index (χ0) is 62.4. The Labute approximate surface area is 490 Å². The number of carbonyl (C=O) groups is 8.